The summed E-state index contributed by atoms with van der Waals surface area (Å²) in [5.74, 6) is 1.35. The maximum absolute atomic E-state index is 6.04. The van der Waals surface area contributed by atoms with Gasteiger partial charge < -0.3 is 9.47 Å². The highest BCUT2D eigenvalue weighted by Gasteiger charge is 2.20. The Morgan fingerprint density at radius 1 is 1.13 bits per heavy atom. The largest absolute Gasteiger partial charge is 0.465 e. The Kier molecular flexibility index (Phi) is 3.52. The number of hydrogen-bond acceptors (Lipinski definition) is 4. The van der Waals surface area contributed by atoms with Gasteiger partial charge in [0.15, 0.2) is 11.5 Å². The minimum Gasteiger partial charge on any atom is -0.465 e. The number of aromatic amines is 1. The lowest BCUT2D eigenvalue weighted by atomic mass is 10.0. The van der Waals surface area contributed by atoms with E-state index >= 15 is 0 Å². The van der Waals surface area contributed by atoms with E-state index in [1.54, 1.807) is 24.9 Å². The molecule has 0 bridgehead atoms. The molecule has 0 saturated carbocycles. The first-order chi connectivity index (χ1) is 11.4. The summed E-state index contributed by atoms with van der Waals surface area (Å²) in [6, 6.07) is 5.74. The van der Waals surface area contributed by atoms with Crippen LogP contribution in [0.4, 0.5) is 0 Å². The number of pyridine rings is 1. The van der Waals surface area contributed by atoms with Crippen molar-refractivity contribution in [3.63, 3.8) is 0 Å². The number of ether oxygens (including phenoxy) is 2. The lowest BCUT2D eigenvalue weighted by molar-refractivity contribution is 0.285. The van der Waals surface area contributed by atoms with E-state index in [0.717, 1.165) is 41.1 Å². The quantitative estimate of drug-likeness (QED) is 0.933. The summed E-state index contributed by atoms with van der Waals surface area (Å²) < 4.78 is 11.5. The third kappa shape index (κ3) is 2.68. The predicted octanol–water partition coefficient (Wildman–Crippen LogP) is 3.93. The van der Waals surface area contributed by atoms with E-state index in [9.17, 15) is 0 Å². The Labute approximate surface area is 133 Å². The minimum absolute atomic E-state index is 0.618. The second-order valence-corrected chi connectivity index (χ2v) is 5.23. The number of nitrogens with zero attached hydrogens (tertiary/aromatic N) is 2. The summed E-state index contributed by atoms with van der Waals surface area (Å²) in [5.41, 5.74) is 3.56. The van der Waals surface area contributed by atoms with Crippen LogP contribution in [0.1, 0.15) is 18.4 Å². The van der Waals surface area contributed by atoms with Gasteiger partial charge in [0.05, 0.1) is 23.1 Å². The molecule has 5 nitrogen and oxygen atoms in total. The summed E-state index contributed by atoms with van der Waals surface area (Å²) in [5, 5.41) is 7.10. The number of nitrogens with one attached hydrogen (secondary N) is 1. The average molecular weight is 305 g/mol. The zero-order valence-electron chi connectivity index (χ0n) is 12.4. The molecule has 0 radical (unpaired) electrons. The molecule has 1 aliphatic heterocycles. The van der Waals surface area contributed by atoms with Crippen molar-refractivity contribution in [3.8, 4) is 11.4 Å². The topological polar surface area (TPSA) is 60.0 Å². The Bertz CT molecular complexity index is 829. The van der Waals surface area contributed by atoms with Gasteiger partial charge in [-0.25, -0.2) is 0 Å². The van der Waals surface area contributed by atoms with Gasteiger partial charge in [-0.1, -0.05) is 24.3 Å². The van der Waals surface area contributed by atoms with E-state index < -0.39 is 0 Å². The molecule has 0 amide bonds. The molecule has 3 heterocycles. The van der Waals surface area contributed by atoms with Gasteiger partial charge in [0.1, 0.15) is 12.5 Å². The molecule has 1 N–H and O–H groups in total. The van der Waals surface area contributed by atoms with E-state index in [4.69, 9.17) is 9.47 Å². The Morgan fingerprint density at radius 2 is 2.09 bits per heavy atom. The number of hydrogen-bond donors (Lipinski definition) is 1. The molecule has 2 aromatic heterocycles. The highest BCUT2D eigenvalue weighted by atomic mass is 16.5. The molecule has 5 heteroatoms. The second-order valence-electron chi connectivity index (χ2n) is 5.23. The molecule has 0 saturated heterocycles. The third-order valence-electron chi connectivity index (χ3n) is 3.73. The van der Waals surface area contributed by atoms with E-state index in [1.165, 1.54) is 0 Å². The first-order valence-corrected chi connectivity index (χ1v) is 7.47. The summed E-state index contributed by atoms with van der Waals surface area (Å²) >= 11 is 0. The maximum atomic E-state index is 6.04. The lowest BCUT2D eigenvalue weighted by Gasteiger charge is -2.19. The van der Waals surface area contributed by atoms with Crippen LogP contribution in [0.3, 0.4) is 0 Å². The molecule has 114 valence electrons. The fourth-order valence-electron chi connectivity index (χ4n) is 2.57. The van der Waals surface area contributed by atoms with Gasteiger partial charge in [-0.3, -0.25) is 10.1 Å². The summed E-state index contributed by atoms with van der Waals surface area (Å²) in [4.78, 5) is 4.36. The molecule has 0 atom stereocenters. The smallest absolute Gasteiger partial charge is 0.173 e. The normalized spacial score (nSPS) is 16.8. The van der Waals surface area contributed by atoms with Gasteiger partial charge in [-0.2, -0.15) is 5.10 Å². The van der Waals surface area contributed by atoms with Gasteiger partial charge >= 0.3 is 0 Å². The summed E-state index contributed by atoms with van der Waals surface area (Å²) in [7, 11) is 0. The Hall–Kier alpha value is -3.08. The van der Waals surface area contributed by atoms with Crippen molar-refractivity contribution < 1.29 is 9.47 Å². The van der Waals surface area contributed by atoms with Gasteiger partial charge in [0.25, 0.3) is 0 Å². The van der Waals surface area contributed by atoms with E-state index in [1.807, 2.05) is 24.3 Å². The first kappa shape index (κ1) is 13.6. The van der Waals surface area contributed by atoms with E-state index in [0.29, 0.717) is 5.76 Å². The van der Waals surface area contributed by atoms with Crippen LogP contribution in [0.2, 0.25) is 0 Å². The highest BCUT2D eigenvalue weighted by Crippen LogP contribution is 2.33. The highest BCUT2D eigenvalue weighted by molar-refractivity contribution is 5.74. The van der Waals surface area contributed by atoms with Crippen LogP contribution in [0.25, 0.3) is 17.1 Å². The Morgan fingerprint density at radius 3 is 2.91 bits per heavy atom. The predicted molar refractivity (Wildman–Crippen MR) is 86.5 cm³/mol. The molecular formula is C18H15N3O2. The molecule has 4 rings (SSSR count). The van der Waals surface area contributed by atoms with Crippen LogP contribution in [0.5, 0.6) is 0 Å². The zero-order valence-corrected chi connectivity index (χ0v) is 12.4. The van der Waals surface area contributed by atoms with Crippen LogP contribution < -0.4 is 0 Å². The Balaban J connectivity index is 1.63. The lowest BCUT2D eigenvalue weighted by Crippen LogP contribution is -2.03. The van der Waals surface area contributed by atoms with E-state index in [-0.39, 0.29) is 0 Å². The number of rotatable bonds is 3. The van der Waals surface area contributed by atoms with Crippen LogP contribution in [0, 0.1) is 0 Å². The van der Waals surface area contributed by atoms with Crippen molar-refractivity contribution in [2.75, 3.05) is 0 Å². The maximum Gasteiger partial charge on any atom is 0.173 e. The van der Waals surface area contributed by atoms with Gasteiger partial charge in [0.2, 0.25) is 0 Å². The van der Waals surface area contributed by atoms with Crippen LogP contribution >= 0.6 is 0 Å². The second kappa shape index (κ2) is 5.96. The van der Waals surface area contributed by atoms with Crippen molar-refractivity contribution in [3.05, 3.63) is 78.2 Å². The van der Waals surface area contributed by atoms with Gasteiger partial charge in [0, 0.05) is 6.20 Å². The number of aromatic nitrogens is 3. The van der Waals surface area contributed by atoms with E-state index in [2.05, 4.69) is 27.3 Å². The summed E-state index contributed by atoms with van der Waals surface area (Å²) in [6.45, 7) is 0. The molecule has 0 unspecified atom stereocenters. The first-order valence-electron chi connectivity index (χ1n) is 7.47. The standard InChI is InChI=1S/C18H15N3O2/c1-2-6-13(7-3-1)16-11-22-12-17(23-16)14-10-20-21-18(14)15-8-4-5-9-19-15/h1-2,4-6,8-12H,3,7H2,(H,20,21). The third-order valence-corrected chi connectivity index (χ3v) is 3.73. The van der Waals surface area contributed by atoms with Gasteiger partial charge in [-0.05, 0) is 30.5 Å². The van der Waals surface area contributed by atoms with Gasteiger partial charge in [-0.15, -0.1) is 0 Å². The molecular weight excluding hydrogens is 290 g/mol. The molecule has 23 heavy (non-hydrogen) atoms. The van der Waals surface area contributed by atoms with Crippen LogP contribution in [-0.2, 0) is 9.47 Å². The average Bonchev–Trinajstić information content (AvgIpc) is 3.13. The number of H-pyrrole nitrogens is 1. The minimum atomic E-state index is 0.618. The van der Waals surface area contributed by atoms with Crippen LogP contribution in [0.15, 0.2) is 72.7 Å². The van der Waals surface area contributed by atoms with Crippen molar-refractivity contribution in [1.82, 2.24) is 15.2 Å². The fourth-order valence-corrected chi connectivity index (χ4v) is 2.57. The van der Waals surface area contributed by atoms with Crippen molar-refractivity contribution in [1.29, 1.82) is 0 Å². The van der Waals surface area contributed by atoms with Crippen molar-refractivity contribution >= 4 is 5.76 Å². The fraction of sp³-hybridized carbons (Fsp3) is 0.111. The monoisotopic (exact) mass is 305 g/mol. The molecule has 2 aromatic rings. The van der Waals surface area contributed by atoms with Crippen molar-refractivity contribution in [2.45, 2.75) is 12.8 Å². The molecule has 2 aliphatic rings. The molecule has 1 aliphatic carbocycles. The SMILES string of the molecule is C1=CCCC(C2=COC=C(c3cn[nH]c3-c3ccccn3)O2)=C1. The zero-order chi connectivity index (χ0) is 15.5. The van der Waals surface area contributed by atoms with Crippen molar-refractivity contribution in [2.24, 2.45) is 0 Å². The molecule has 0 fully saturated rings. The molecule has 0 spiro atoms. The molecule has 0 aromatic carbocycles. The van der Waals surface area contributed by atoms with Crippen LogP contribution in [-0.4, -0.2) is 15.2 Å². The number of allylic oxidation sites excluding steroid dienone is 4. The summed E-state index contributed by atoms with van der Waals surface area (Å²) in [6.07, 6.45) is 14.9.